The normalized spacial score (nSPS) is 12.8. The molecule has 2 aromatic rings. The molecular weight excluding hydrogens is 318 g/mol. The lowest BCUT2D eigenvalue weighted by Gasteiger charge is -2.14. The molecular formula is C15H20BrN3O. The first-order chi connectivity index (χ1) is 9.56. The third-order valence-corrected chi connectivity index (χ3v) is 3.69. The van der Waals surface area contributed by atoms with Gasteiger partial charge in [0.1, 0.15) is 0 Å². The molecule has 5 heteroatoms. The smallest absolute Gasteiger partial charge is 0.248 e. The summed E-state index contributed by atoms with van der Waals surface area (Å²) in [6, 6.07) is 8.26. The Labute approximate surface area is 128 Å². The van der Waals surface area contributed by atoms with Crippen molar-refractivity contribution in [1.29, 1.82) is 0 Å². The number of nitrogens with zero attached hydrogens (tertiary/aromatic N) is 2. The molecule has 0 aliphatic rings. The van der Waals surface area contributed by atoms with Crippen molar-refractivity contribution < 1.29 is 4.42 Å². The summed E-state index contributed by atoms with van der Waals surface area (Å²) in [6.07, 6.45) is 1.13. The molecule has 0 fully saturated rings. The lowest BCUT2D eigenvalue weighted by molar-refractivity contribution is 0.406. The summed E-state index contributed by atoms with van der Waals surface area (Å²) in [6.45, 7) is 7.21. The fourth-order valence-electron chi connectivity index (χ4n) is 2.12. The van der Waals surface area contributed by atoms with Gasteiger partial charge in [-0.15, -0.1) is 10.2 Å². The van der Waals surface area contributed by atoms with E-state index in [2.05, 4.69) is 52.2 Å². The lowest BCUT2D eigenvalue weighted by atomic mass is 10.1. The van der Waals surface area contributed by atoms with Crippen molar-refractivity contribution in [2.45, 2.75) is 39.8 Å². The monoisotopic (exact) mass is 337 g/mol. The van der Waals surface area contributed by atoms with Crippen LogP contribution in [-0.2, 0) is 6.54 Å². The SMILES string of the molecule is CC(C)CC(C)NCc1nnc(-c2ccccc2Br)o1. The van der Waals surface area contributed by atoms with E-state index in [1.54, 1.807) is 0 Å². The lowest BCUT2D eigenvalue weighted by Crippen LogP contribution is -2.26. The van der Waals surface area contributed by atoms with Crippen molar-refractivity contribution in [2.75, 3.05) is 0 Å². The molecule has 1 heterocycles. The second kappa shape index (κ2) is 6.99. The van der Waals surface area contributed by atoms with Crippen molar-refractivity contribution in [1.82, 2.24) is 15.5 Å². The van der Waals surface area contributed by atoms with Crippen LogP contribution in [0.15, 0.2) is 33.2 Å². The van der Waals surface area contributed by atoms with E-state index < -0.39 is 0 Å². The summed E-state index contributed by atoms with van der Waals surface area (Å²) in [4.78, 5) is 0. The molecule has 1 aromatic carbocycles. The highest BCUT2D eigenvalue weighted by Crippen LogP contribution is 2.26. The fourth-order valence-corrected chi connectivity index (χ4v) is 2.57. The molecule has 1 aromatic heterocycles. The molecule has 1 N–H and O–H groups in total. The minimum absolute atomic E-state index is 0.439. The Morgan fingerprint density at radius 3 is 2.65 bits per heavy atom. The number of nitrogens with one attached hydrogen (secondary N) is 1. The average molecular weight is 338 g/mol. The van der Waals surface area contributed by atoms with E-state index in [0.29, 0.717) is 30.3 Å². The van der Waals surface area contributed by atoms with Gasteiger partial charge < -0.3 is 9.73 Å². The molecule has 0 aliphatic heterocycles. The number of aromatic nitrogens is 2. The van der Waals surface area contributed by atoms with Gasteiger partial charge in [-0.2, -0.15) is 0 Å². The van der Waals surface area contributed by atoms with Crippen LogP contribution < -0.4 is 5.32 Å². The minimum atomic E-state index is 0.439. The van der Waals surface area contributed by atoms with E-state index in [1.165, 1.54) is 0 Å². The van der Waals surface area contributed by atoms with Gasteiger partial charge in [-0.05, 0) is 47.3 Å². The second-order valence-corrected chi connectivity index (χ2v) is 6.25. The van der Waals surface area contributed by atoms with E-state index in [0.717, 1.165) is 16.5 Å². The first kappa shape index (κ1) is 15.2. The highest BCUT2D eigenvalue weighted by molar-refractivity contribution is 9.10. The van der Waals surface area contributed by atoms with Crippen molar-refractivity contribution in [3.63, 3.8) is 0 Å². The molecule has 0 aliphatic carbocycles. The van der Waals surface area contributed by atoms with Gasteiger partial charge in [0.25, 0.3) is 0 Å². The topological polar surface area (TPSA) is 51.0 Å². The van der Waals surface area contributed by atoms with Gasteiger partial charge in [0, 0.05) is 10.5 Å². The third kappa shape index (κ3) is 4.15. The maximum absolute atomic E-state index is 5.69. The van der Waals surface area contributed by atoms with E-state index >= 15 is 0 Å². The van der Waals surface area contributed by atoms with Gasteiger partial charge >= 0.3 is 0 Å². The zero-order chi connectivity index (χ0) is 14.5. The predicted molar refractivity (Wildman–Crippen MR) is 83.2 cm³/mol. The van der Waals surface area contributed by atoms with Crippen LogP contribution in [0.2, 0.25) is 0 Å². The molecule has 0 radical (unpaired) electrons. The van der Waals surface area contributed by atoms with E-state index in [4.69, 9.17) is 4.42 Å². The Morgan fingerprint density at radius 1 is 1.20 bits per heavy atom. The van der Waals surface area contributed by atoms with Gasteiger partial charge in [-0.3, -0.25) is 0 Å². The third-order valence-electron chi connectivity index (χ3n) is 3.00. The standard InChI is InChI=1S/C15H20BrN3O/c1-10(2)8-11(3)17-9-14-18-19-15(20-14)12-6-4-5-7-13(12)16/h4-7,10-11,17H,8-9H2,1-3H3. The Kier molecular flexibility index (Phi) is 5.31. The Hall–Kier alpha value is -1.20. The summed E-state index contributed by atoms with van der Waals surface area (Å²) < 4.78 is 6.65. The van der Waals surface area contributed by atoms with E-state index in [-0.39, 0.29) is 0 Å². The van der Waals surface area contributed by atoms with Crippen LogP contribution in [-0.4, -0.2) is 16.2 Å². The van der Waals surface area contributed by atoms with Crippen molar-refractivity contribution in [3.05, 3.63) is 34.6 Å². The summed E-state index contributed by atoms with van der Waals surface area (Å²) in [5, 5.41) is 11.6. The highest BCUT2D eigenvalue weighted by atomic mass is 79.9. The van der Waals surface area contributed by atoms with Crippen molar-refractivity contribution in [2.24, 2.45) is 5.92 Å². The van der Waals surface area contributed by atoms with Crippen LogP contribution in [0.25, 0.3) is 11.5 Å². The van der Waals surface area contributed by atoms with Gasteiger partial charge in [-0.25, -0.2) is 0 Å². The molecule has 108 valence electrons. The van der Waals surface area contributed by atoms with Crippen LogP contribution in [0.5, 0.6) is 0 Å². The number of hydrogen-bond acceptors (Lipinski definition) is 4. The fraction of sp³-hybridized carbons (Fsp3) is 0.467. The van der Waals surface area contributed by atoms with E-state index in [1.807, 2.05) is 24.3 Å². The van der Waals surface area contributed by atoms with Crippen LogP contribution in [0.3, 0.4) is 0 Å². The summed E-state index contributed by atoms with van der Waals surface area (Å²) >= 11 is 3.49. The quantitative estimate of drug-likeness (QED) is 0.864. The number of halogens is 1. The maximum atomic E-state index is 5.69. The predicted octanol–water partition coefficient (Wildman–Crippen LogP) is 4.02. The zero-order valence-electron chi connectivity index (χ0n) is 12.1. The number of benzene rings is 1. The summed E-state index contributed by atoms with van der Waals surface area (Å²) in [5.74, 6) is 1.84. The van der Waals surface area contributed by atoms with E-state index in [9.17, 15) is 0 Å². The molecule has 2 rings (SSSR count). The number of rotatable bonds is 6. The van der Waals surface area contributed by atoms with Crippen molar-refractivity contribution in [3.8, 4) is 11.5 Å². The maximum Gasteiger partial charge on any atom is 0.248 e. The molecule has 20 heavy (non-hydrogen) atoms. The van der Waals surface area contributed by atoms with Crippen LogP contribution >= 0.6 is 15.9 Å². The molecule has 1 unspecified atom stereocenters. The molecule has 0 saturated heterocycles. The van der Waals surface area contributed by atoms with Gasteiger partial charge in [0.2, 0.25) is 11.8 Å². The molecule has 1 atom stereocenters. The Bertz CT molecular complexity index is 554. The van der Waals surface area contributed by atoms with Crippen LogP contribution in [0, 0.1) is 5.92 Å². The van der Waals surface area contributed by atoms with Gasteiger partial charge in [0.15, 0.2) is 0 Å². The zero-order valence-corrected chi connectivity index (χ0v) is 13.6. The molecule has 4 nitrogen and oxygen atoms in total. The molecule has 0 saturated carbocycles. The average Bonchev–Trinajstić information content (AvgIpc) is 2.85. The largest absolute Gasteiger partial charge is 0.419 e. The van der Waals surface area contributed by atoms with Gasteiger partial charge in [0.05, 0.1) is 12.1 Å². The first-order valence-corrected chi connectivity index (χ1v) is 7.66. The Balaban J connectivity index is 1.98. The first-order valence-electron chi connectivity index (χ1n) is 6.87. The molecule has 0 spiro atoms. The molecule has 0 amide bonds. The summed E-state index contributed by atoms with van der Waals surface area (Å²) in [5.41, 5.74) is 0.918. The van der Waals surface area contributed by atoms with Crippen molar-refractivity contribution >= 4 is 15.9 Å². The molecule has 0 bridgehead atoms. The number of hydrogen-bond donors (Lipinski definition) is 1. The van der Waals surface area contributed by atoms with Crippen LogP contribution in [0.1, 0.15) is 33.1 Å². The highest BCUT2D eigenvalue weighted by Gasteiger charge is 2.12. The minimum Gasteiger partial charge on any atom is -0.419 e. The summed E-state index contributed by atoms with van der Waals surface area (Å²) in [7, 11) is 0. The Morgan fingerprint density at radius 2 is 1.95 bits per heavy atom. The van der Waals surface area contributed by atoms with Crippen LogP contribution in [0.4, 0.5) is 0 Å². The second-order valence-electron chi connectivity index (χ2n) is 5.39. The van der Waals surface area contributed by atoms with Gasteiger partial charge in [-0.1, -0.05) is 26.0 Å².